The molecule has 110 valence electrons. The van der Waals surface area contributed by atoms with Gasteiger partial charge in [0.25, 0.3) is 5.91 Å². The average molecular weight is 275 g/mol. The second-order valence-electron chi connectivity index (χ2n) is 6.76. The van der Waals surface area contributed by atoms with Crippen molar-refractivity contribution in [3.63, 3.8) is 0 Å². The average Bonchev–Trinajstić information content (AvgIpc) is 3.30. The fourth-order valence-electron chi connectivity index (χ4n) is 2.73. The van der Waals surface area contributed by atoms with Gasteiger partial charge in [0.2, 0.25) is 0 Å². The van der Waals surface area contributed by atoms with E-state index in [9.17, 15) is 4.79 Å². The first-order valence-corrected chi connectivity index (χ1v) is 7.81. The number of rotatable bonds is 6. The summed E-state index contributed by atoms with van der Waals surface area (Å²) in [4.78, 5) is 14.9. The van der Waals surface area contributed by atoms with E-state index in [0.29, 0.717) is 5.69 Å². The van der Waals surface area contributed by atoms with Crippen molar-refractivity contribution >= 4 is 11.6 Å². The quantitative estimate of drug-likeness (QED) is 0.868. The Bertz CT molecular complexity index is 484. The van der Waals surface area contributed by atoms with Gasteiger partial charge in [-0.3, -0.25) is 4.79 Å². The minimum absolute atomic E-state index is 0.161. The summed E-state index contributed by atoms with van der Waals surface area (Å²) in [5.74, 6) is 1.63. The number of nitrogens with zero attached hydrogens (tertiary/aromatic N) is 2. The van der Waals surface area contributed by atoms with E-state index in [1.165, 1.54) is 25.7 Å². The second kappa shape index (κ2) is 5.15. The molecule has 1 amide bonds. The lowest BCUT2D eigenvalue weighted by atomic mass is 10.2. The van der Waals surface area contributed by atoms with E-state index >= 15 is 0 Å². The van der Waals surface area contributed by atoms with Crippen LogP contribution in [0.2, 0.25) is 0 Å². The molecular weight excluding hydrogens is 250 g/mol. The van der Waals surface area contributed by atoms with Crippen molar-refractivity contribution in [1.82, 2.24) is 9.47 Å². The van der Waals surface area contributed by atoms with Crippen LogP contribution in [-0.4, -0.2) is 28.5 Å². The molecule has 1 aromatic heterocycles. The van der Waals surface area contributed by atoms with E-state index in [0.717, 1.165) is 30.6 Å². The molecule has 1 heterocycles. The summed E-state index contributed by atoms with van der Waals surface area (Å²) < 4.78 is 2.00. The lowest BCUT2D eigenvalue weighted by molar-refractivity contribution is 0.0727. The van der Waals surface area contributed by atoms with Crippen LogP contribution in [0.1, 0.15) is 56.1 Å². The zero-order valence-electron chi connectivity index (χ0n) is 12.5. The zero-order valence-corrected chi connectivity index (χ0v) is 12.5. The summed E-state index contributed by atoms with van der Waals surface area (Å²) in [6.07, 6.45) is 7.00. The summed E-state index contributed by atoms with van der Waals surface area (Å²) in [6.45, 7) is 6.03. The highest BCUT2D eigenvalue weighted by Crippen LogP contribution is 2.34. The second-order valence-corrected chi connectivity index (χ2v) is 6.76. The van der Waals surface area contributed by atoms with Gasteiger partial charge in [-0.2, -0.15) is 0 Å². The Balaban J connectivity index is 1.79. The van der Waals surface area contributed by atoms with Crippen LogP contribution in [0.25, 0.3) is 0 Å². The Hall–Kier alpha value is -1.45. The van der Waals surface area contributed by atoms with Crippen LogP contribution in [0.4, 0.5) is 5.69 Å². The molecule has 4 heteroatoms. The van der Waals surface area contributed by atoms with Gasteiger partial charge in [0.1, 0.15) is 5.69 Å². The van der Waals surface area contributed by atoms with Crippen LogP contribution in [0, 0.1) is 11.8 Å². The van der Waals surface area contributed by atoms with Crippen LogP contribution >= 0.6 is 0 Å². The molecule has 0 saturated heterocycles. The molecule has 0 aromatic carbocycles. The van der Waals surface area contributed by atoms with E-state index in [2.05, 4.69) is 18.7 Å². The monoisotopic (exact) mass is 275 g/mol. The first-order chi connectivity index (χ1) is 9.54. The molecule has 2 saturated carbocycles. The summed E-state index contributed by atoms with van der Waals surface area (Å²) in [5.41, 5.74) is 7.32. The van der Waals surface area contributed by atoms with Gasteiger partial charge in [0.15, 0.2) is 0 Å². The van der Waals surface area contributed by atoms with Gasteiger partial charge >= 0.3 is 0 Å². The molecule has 3 rings (SSSR count). The summed E-state index contributed by atoms with van der Waals surface area (Å²) in [7, 11) is 0. The third-order valence-corrected chi connectivity index (χ3v) is 4.28. The van der Waals surface area contributed by atoms with Gasteiger partial charge < -0.3 is 15.2 Å². The van der Waals surface area contributed by atoms with Crippen LogP contribution in [-0.2, 0) is 0 Å². The maximum absolute atomic E-state index is 12.9. The van der Waals surface area contributed by atoms with E-state index in [4.69, 9.17) is 5.73 Å². The Labute approximate surface area is 120 Å². The summed E-state index contributed by atoms with van der Waals surface area (Å²) >= 11 is 0. The fourth-order valence-corrected chi connectivity index (χ4v) is 2.73. The normalized spacial score (nSPS) is 18.6. The Morgan fingerprint density at radius 1 is 1.30 bits per heavy atom. The molecule has 2 fully saturated rings. The van der Waals surface area contributed by atoms with Gasteiger partial charge in [-0.1, -0.05) is 0 Å². The highest BCUT2D eigenvalue weighted by molar-refractivity contribution is 5.94. The molecule has 4 nitrogen and oxygen atoms in total. The number of amides is 1. The molecular formula is C16H25N3O. The number of nitrogens with two attached hydrogens (primary N) is 1. The fraction of sp³-hybridized carbons (Fsp3) is 0.688. The number of nitrogen functional groups attached to an aromatic ring is 1. The highest BCUT2D eigenvalue weighted by Gasteiger charge is 2.32. The van der Waals surface area contributed by atoms with Gasteiger partial charge in [0, 0.05) is 25.3 Å². The topological polar surface area (TPSA) is 51.3 Å². The molecule has 2 N–H and O–H groups in total. The summed E-state index contributed by atoms with van der Waals surface area (Å²) in [6, 6.07) is 2.09. The van der Waals surface area contributed by atoms with Crippen molar-refractivity contribution in [3.8, 4) is 0 Å². The molecule has 0 spiro atoms. The third kappa shape index (κ3) is 3.00. The minimum Gasteiger partial charge on any atom is -0.397 e. The van der Waals surface area contributed by atoms with Crippen molar-refractivity contribution in [3.05, 3.63) is 18.0 Å². The predicted molar refractivity (Wildman–Crippen MR) is 80.6 cm³/mol. The van der Waals surface area contributed by atoms with Crippen molar-refractivity contribution in [2.45, 2.75) is 45.6 Å². The van der Waals surface area contributed by atoms with Crippen molar-refractivity contribution in [1.29, 1.82) is 0 Å². The van der Waals surface area contributed by atoms with Gasteiger partial charge in [-0.05, 0) is 57.4 Å². The number of anilines is 1. The molecule has 0 radical (unpaired) electrons. The standard InChI is InChI=1S/C16H25N3O/c1-11(2)19-10-14(17)7-15(19)16(20)18(8-12-3-4-12)9-13-5-6-13/h7,10-13H,3-6,8-9,17H2,1-2H3. The number of hydrogen-bond acceptors (Lipinski definition) is 2. The first kappa shape index (κ1) is 13.5. The number of hydrogen-bond donors (Lipinski definition) is 1. The SMILES string of the molecule is CC(C)n1cc(N)cc1C(=O)N(CC1CC1)CC1CC1. The number of carbonyl (C=O) groups excluding carboxylic acids is 1. The first-order valence-electron chi connectivity index (χ1n) is 7.81. The maximum Gasteiger partial charge on any atom is 0.270 e. The lowest BCUT2D eigenvalue weighted by Crippen LogP contribution is -2.36. The van der Waals surface area contributed by atoms with E-state index < -0.39 is 0 Å². The van der Waals surface area contributed by atoms with Gasteiger partial charge in [-0.25, -0.2) is 0 Å². The molecule has 0 bridgehead atoms. The molecule has 0 aliphatic heterocycles. The zero-order chi connectivity index (χ0) is 14.3. The smallest absolute Gasteiger partial charge is 0.270 e. The molecule has 1 aromatic rings. The molecule has 2 aliphatic carbocycles. The minimum atomic E-state index is 0.161. The van der Waals surface area contributed by atoms with Crippen molar-refractivity contribution in [2.75, 3.05) is 18.8 Å². The maximum atomic E-state index is 12.9. The molecule has 2 aliphatic rings. The molecule has 0 atom stereocenters. The van der Waals surface area contributed by atoms with Crippen molar-refractivity contribution in [2.24, 2.45) is 11.8 Å². The van der Waals surface area contributed by atoms with E-state index in [1.54, 1.807) is 0 Å². The summed E-state index contributed by atoms with van der Waals surface area (Å²) in [5, 5.41) is 0. The van der Waals surface area contributed by atoms with E-state index in [1.807, 2.05) is 16.8 Å². The van der Waals surface area contributed by atoms with Crippen LogP contribution < -0.4 is 5.73 Å². The predicted octanol–water partition coefficient (Wildman–Crippen LogP) is 2.91. The third-order valence-electron chi connectivity index (χ3n) is 4.28. The van der Waals surface area contributed by atoms with Crippen LogP contribution in [0.3, 0.4) is 0 Å². The largest absolute Gasteiger partial charge is 0.397 e. The Morgan fingerprint density at radius 3 is 2.30 bits per heavy atom. The number of carbonyl (C=O) groups is 1. The highest BCUT2D eigenvalue weighted by atomic mass is 16.2. The van der Waals surface area contributed by atoms with Crippen molar-refractivity contribution < 1.29 is 4.79 Å². The number of aromatic nitrogens is 1. The Kier molecular flexibility index (Phi) is 3.48. The lowest BCUT2D eigenvalue weighted by Gasteiger charge is -2.24. The van der Waals surface area contributed by atoms with Crippen LogP contribution in [0.15, 0.2) is 12.3 Å². The Morgan fingerprint density at radius 2 is 1.85 bits per heavy atom. The van der Waals surface area contributed by atoms with Gasteiger partial charge in [-0.15, -0.1) is 0 Å². The van der Waals surface area contributed by atoms with E-state index in [-0.39, 0.29) is 11.9 Å². The van der Waals surface area contributed by atoms with Gasteiger partial charge in [0.05, 0.1) is 5.69 Å². The molecule has 20 heavy (non-hydrogen) atoms. The van der Waals surface area contributed by atoms with Crippen LogP contribution in [0.5, 0.6) is 0 Å². The molecule has 0 unspecified atom stereocenters.